The lowest BCUT2D eigenvalue weighted by molar-refractivity contribution is -0.131. The molecule has 2 heterocycles. The Bertz CT molecular complexity index is 959. The third kappa shape index (κ3) is 4.00. The number of rotatable bonds is 4. The third-order valence-corrected chi connectivity index (χ3v) is 6.36. The van der Waals surface area contributed by atoms with Gasteiger partial charge < -0.3 is 4.74 Å². The number of thioether (sulfide) groups is 1. The van der Waals surface area contributed by atoms with E-state index in [1.807, 2.05) is 62.4 Å². The summed E-state index contributed by atoms with van der Waals surface area (Å²) in [4.78, 5) is 33.7. The van der Waals surface area contributed by atoms with Gasteiger partial charge in [-0.2, -0.15) is 0 Å². The van der Waals surface area contributed by atoms with E-state index in [4.69, 9.17) is 9.73 Å². The number of aliphatic imine (C=N–C) groups is 1. The molecular formula is C22H23N3O3S. The highest BCUT2D eigenvalue weighted by Crippen LogP contribution is 2.35. The zero-order chi connectivity index (χ0) is 20.4. The van der Waals surface area contributed by atoms with Crippen LogP contribution in [0.4, 0.5) is 5.69 Å². The van der Waals surface area contributed by atoms with Crippen molar-refractivity contribution in [1.82, 2.24) is 4.90 Å². The first-order valence-corrected chi connectivity index (χ1v) is 10.5. The Morgan fingerprint density at radius 2 is 1.86 bits per heavy atom. The fourth-order valence-electron chi connectivity index (χ4n) is 3.47. The van der Waals surface area contributed by atoms with E-state index in [1.165, 1.54) is 4.90 Å². The summed E-state index contributed by atoms with van der Waals surface area (Å²) < 4.78 is 5.48. The summed E-state index contributed by atoms with van der Waals surface area (Å²) in [7, 11) is 0. The number of carbonyl (C=O) groups excluding carboxylic acids is 2. The number of benzene rings is 2. The van der Waals surface area contributed by atoms with Crippen molar-refractivity contribution in [2.45, 2.75) is 25.9 Å². The molecule has 0 aromatic heterocycles. The van der Waals surface area contributed by atoms with Gasteiger partial charge in [0.05, 0.1) is 17.8 Å². The van der Waals surface area contributed by atoms with Crippen LogP contribution in [-0.2, 0) is 16.1 Å². The minimum atomic E-state index is -0.369. The summed E-state index contributed by atoms with van der Waals surface area (Å²) in [5.41, 5.74) is 1.35. The number of fused-ring (bicyclic) bond motifs is 1. The molecule has 0 radical (unpaired) electrons. The first-order chi connectivity index (χ1) is 14.0. The van der Waals surface area contributed by atoms with Gasteiger partial charge in [0, 0.05) is 5.75 Å². The van der Waals surface area contributed by atoms with Crippen LogP contribution in [0, 0.1) is 0 Å². The molecular weight excluding hydrogens is 386 g/mol. The highest BCUT2D eigenvalue weighted by molar-refractivity contribution is 8.14. The van der Waals surface area contributed by atoms with Gasteiger partial charge in [0.1, 0.15) is 12.3 Å². The second-order valence-electron chi connectivity index (χ2n) is 7.65. The lowest BCUT2D eigenvalue weighted by atomic mass is 10.1. The van der Waals surface area contributed by atoms with E-state index in [2.05, 4.69) is 0 Å². The smallest absolute Gasteiger partial charge is 0.265 e. The summed E-state index contributed by atoms with van der Waals surface area (Å²) in [5, 5.41) is 0.706. The van der Waals surface area contributed by atoms with Crippen LogP contribution in [0.25, 0.3) is 0 Å². The first-order valence-electron chi connectivity index (χ1n) is 9.52. The largest absolute Gasteiger partial charge is 0.482 e. The quantitative estimate of drug-likeness (QED) is 0.777. The third-order valence-electron chi connectivity index (χ3n) is 4.94. The molecule has 2 aromatic rings. The molecule has 150 valence electrons. The molecule has 2 aromatic carbocycles. The average molecular weight is 410 g/mol. The van der Waals surface area contributed by atoms with Crippen molar-refractivity contribution in [3.05, 3.63) is 60.2 Å². The fourth-order valence-corrected chi connectivity index (χ4v) is 4.71. The highest BCUT2D eigenvalue weighted by atomic mass is 32.2. The topological polar surface area (TPSA) is 62.2 Å². The van der Waals surface area contributed by atoms with E-state index in [9.17, 15) is 9.59 Å². The molecule has 0 aliphatic carbocycles. The lowest BCUT2D eigenvalue weighted by Gasteiger charge is -2.34. The molecule has 2 amide bonds. The van der Waals surface area contributed by atoms with Gasteiger partial charge in [0.2, 0.25) is 5.91 Å². The molecule has 1 fully saturated rings. The molecule has 0 unspecified atom stereocenters. The zero-order valence-corrected chi connectivity index (χ0v) is 17.3. The molecule has 0 spiro atoms. The van der Waals surface area contributed by atoms with E-state index in [-0.39, 0.29) is 30.5 Å². The predicted octanol–water partition coefficient (Wildman–Crippen LogP) is 3.32. The van der Waals surface area contributed by atoms with Crippen LogP contribution in [0.15, 0.2) is 59.6 Å². The molecule has 2 aliphatic rings. The van der Waals surface area contributed by atoms with Gasteiger partial charge in [-0.15, -0.1) is 0 Å². The minimum absolute atomic E-state index is 0.0342. The number of anilines is 1. The van der Waals surface area contributed by atoms with Crippen LogP contribution < -0.4 is 9.64 Å². The van der Waals surface area contributed by atoms with Crippen molar-refractivity contribution in [1.29, 1.82) is 0 Å². The van der Waals surface area contributed by atoms with Gasteiger partial charge in [0.15, 0.2) is 11.8 Å². The minimum Gasteiger partial charge on any atom is -0.482 e. The Morgan fingerprint density at radius 3 is 2.66 bits per heavy atom. The average Bonchev–Trinajstić information content (AvgIpc) is 3.03. The maximum atomic E-state index is 13.3. The van der Waals surface area contributed by atoms with E-state index >= 15 is 0 Å². The van der Waals surface area contributed by atoms with E-state index < -0.39 is 0 Å². The lowest BCUT2D eigenvalue weighted by Crippen LogP contribution is -2.52. The van der Waals surface area contributed by atoms with Crippen molar-refractivity contribution < 1.29 is 14.3 Å². The number of amides is 2. The van der Waals surface area contributed by atoms with E-state index in [0.29, 0.717) is 23.1 Å². The Kier molecular flexibility index (Phi) is 5.32. The standard InChI is InChI=1S/C22H23N3O3S/c1-22(2)15-29-21(23-12-16-8-4-3-5-9-16)25(22)19(26)13-24-17-10-6-7-11-18(17)28-14-20(24)27/h3-11H,12-15H2,1-2H3. The molecule has 0 N–H and O–H groups in total. The van der Waals surface area contributed by atoms with Gasteiger partial charge in [-0.3, -0.25) is 24.4 Å². The fraction of sp³-hybridized carbons (Fsp3) is 0.318. The summed E-state index contributed by atoms with van der Waals surface area (Å²) in [6, 6.07) is 17.3. The normalized spacial score (nSPS) is 19.2. The molecule has 7 heteroatoms. The van der Waals surface area contributed by atoms with E-state index in [0.717, 1.165) is 11.3 Å². The van der Waals surface area contributed by atoms with Crippen LogP contribution in [-0.4, -0.2) is 46.3 Å². The summed E-state index contributed by atoms with van der Waals surface area (Å²) in [6.07, 6.45) is 0. The number of para-hydroxylation sites is 2. The van der Waals surface area contributed by atoms with Crippen LogP contribution in [0.1, 0.15) is 19.4 Å². The van der Waals surface area contributed by atoms with Gasteiger partial charge in [-0.1, -0.05) is 54.2 Å². The van der Waals surface area contributed by atoms with Crippen molar-refractivity contribution in [2.24, 2.45) is 4.99 Å². The predicted molar refractivity (Wildman–Crippen MR) is 115 cm³/mol. The maximum Gasteiger partial charge on any atom is 0.265 e. The number of hydrogen-bond acceptors (Lipinski definition) is 5. The van der Waals surface area contributed by atoms with Crippen molar-refractivity contribution in [3.8, 4) is 5.75 Å². The zero-order valence-electron chi connectivity index (χ0n) is 16.5. The second kappa shape index (κ2) is 7.91. The number of amidine groups is 1. The second-order valence-corrected chi connectivity index (χ2v) is 8.59. The Morgan fingerprint density at radius 1 is 1.14 bits per heavy atom. The van der Waals surface area contributed by atoms with Crippen LogP contribution in [0.5, 0.6) is 5.75 Å². The number of hydrogen-bond donors (Lipinski definition) is 0. The van der Waals surface area contributed by atoms with Gasteiger partial charge in [-0.25, -0.2) is 0 Å². The van der Waals surface area contributed by atoms with Gasteiger partial charge in [0.25, 0.3) is 5.91 Å². The molecule has 29 heavy (non-hydrogen) atoms. The van der Waals surface area contributed by atoms with Crippen LogP contribution >= 0.6 is 11.8 Å². The van der Waals surface area contributed by atoms with Crippen LogP contribution in [0.2, 0.25) is 0 Å². The van der Waals surface area contributed by atoms with E-state index in [1.54, 1.807) is 22.7 Å². The van der Waals surface area contributed by atoms with Crippen molar-refractivity contribution in [3.63, 3.8) is 0 Å². The monoisotopic (exact) mass is 409 g/mol. The van der Waals surface area contributed by atoms with Gasteiger partial charge in [-0.05, 0) is 31.5 Å². The molecule has 4 rings (SSSR count). The summed E-state index contributed by atoms with van der Waals surface area (Å²) >= 11 is 1.58. The molecule has 0 bridgehead atoms. The van der Waals surface area contributed by atoms with Crippen LogP contribution in [0.3, 0.4) is 0 Å². The Hall–Kier alpha value is -2.80. The molecule has 2 aliphatic heterocycles. The highest BCUT2D eigenvalue weighted by Gasteiger charge is 2.42. The maximum absolute atomic E-state index is 13.3. The molecule has 0 atom stereocenters. The number of carbonyl (C=O) groups is 2. The Labute approximate surface area is 174 Å². The van der Waals surface area contributed by atoms with Crippen molar-refractivity contribution in [2.75, 3.05) is 23.8 Å². The molecule has 1 saturated heterocycles. The molecule has 6 nitrogen and oxygen atoms in total. The Balaban J connectivity index is 1.56. The van der Waals surface area contributed by atoms with Gasteiger partial charge >= 0.3 is 0 Å². The number of ether oxygens (including phenoxy) is 1. The summed E-state index contributed by atoms with van der Waals surface area (Å²) in [5.74, 6) is 1.02. The number of nitrogens with zero attached hydrogens (tertiary/aromatic N) is 3. The van der Waals surface area contributed by atoms with Crippen molar-refractivity contribution >= 4 is 34.4 Å². The molecule has 0 saturated carbocycles. The first kappa shape index (κ1) is 19.5. The summed E-state index contributed by atoms with van der Waals surface area (Å²) in [6.45, 7) is 4.48. The SMILES string of the molecule is CC1(C)CSC(=NCc2ccccc2)N1C(=O)CN1C(=O)COc2ccccc21.